The predicted molar refractivity (Wildman–Crippen MR) is 99.9 cm³/mol. The molecule has 5 nitrogen and oxygen atoms in total. The number of aryl methyl sites for hydroxylation is 1. The molecule has 0 radical (unpaired) electrons. The van der Waals surface area contributed by atoms with Crippen LogP contribution in [0.1, 0.15) is 31.0 Å². The summed E-state index contributed by atoms with van der Waals surface area (Å²) in [5.41, 5.74) is 0.635. The van der Waals surface area contributed by atoms with Crippen molar-refractivity contribution >= 4 is 16.9 Å². The van der Waals surface area contributed by atoms with Crippen molar-refractivity contribution in [2.24, 2.45) is 0 Å². The van der Waals surface area contributed by atoms with Crippen LogP contribution in [0.3, 0.4) is 0 Å². The molecular weight excluding hydrogens is 371 g/mol. The van der Waals surface area contributed by atoms with Gasteiger partial charge in [0, 0.05) is 6.54 Å². The van der Waals surface area contributed by atoms with Crippen molar-refractivity contribution in [2.75, 3.05) is 0 Å². The largest absolute Gasteiger partial charge is 0.416 e. The van der Waals surface area contributed by atoms with Gasteiger partial charge in [-0.15, -0.1) is 0 Å². The molecular formula is C20H20F3N3O2. The number of aromatic nitrogens is 2. The zero-order chi connectivity index (χ0) is 20.5. The van der Waals surface area contributed by atoms with Crippen LogP contribution in [0.4, 0.5) is 13.2 Å². The van der Waals surface area contributed by atoms with Gasteiger partial charge in [-0.05, 0) is 43.7 Å². The Bertz CT molecular complexity index is 1070. The predicted octanol–water partition coefficient (Wildman–Crippen LogP) is 3.72. The van der Waals surface area contributed by atoms with Crippen molar-refractivity contribution in [3.05, 3.63) is 70.1 Å². The van der Waals surface area contributed by atoms with Crippen molar-refractivity contribution in [3.63, 3.8) is 0 Å². The van der Waals surface area contributed by atoms with E-state index < -0.39 is 23.7 Å². The van der Waals surface area contributed by atoms with E-state index >= 15 is 0 Å². The van der Waals surface area contributed by atoms with Gasteiger partial charge in [0.15, 0.2) is 0 Å². The van der Waals surface area contributed by atoms with Gasteiger partial charge >= 0.3 is 11.9 Å². The summed E-state index contributed by atoms with van der Waals surface area (Å²) in [6, 6.07) is 11.3. The summed E-state index contributed by atoms with van der Waals surface area (Å²) >= 11 is 0. The molecule has 148 valence electrons. The van der Waals surface area contributed by atoms with E-state index in [0.717, 1.165) is 17.6 Å². The maximum absolute atomic E-state index is 12.9. The van der Waals surface area contributed by atoms with E-state index in [1.807, 2.05) is 13.0 Å². The first-order valence-corrected chi connectivity index (χ1v) is 8.87. The molecule has 1 N–H and O–H groups in total. The summed E-state index contributed by atoms with van der Waals surface area (Å²) in [5, 5.41) is 2.67. The fourth-order valence-electron chi connectivity index (χ4n) is 3.23. The number of para-hydroxylation sites is 2. The van der Waals surface area contributed by atoms with Crippen LogP contribution in [0.25, 0.3) is 11.0 Å². The standard InChI is InChI=1S/C20H20F3N3O2/c1-3-25-16-9-4-5-10-17(16)26(19(25)28)12-18(27)24-13(2)14-7-6-8-15(11-14)20(21,22)23/h4-11,13H,3,12H2,1-2H3,(H,24,27). The van der Waals surface area contributed by atoms with E-state index in [1.165, 1.54) is 16.7 Å². The summed E-state index contributed by atoms with van der Waals surface area (Å²) in [5.74, 6) is -0.453. The summed E-state index contributed by atoms with van der Waals surface area (Å²) < 4.78 is 41.6. The molecule has 1 unspecified atom stereocenters. The number of rotatable bonds is 5. The van der Waals surface area contributed by atoms with Gasteiger partial charge < -0.3 is 5.32 Å². The number of nitrogens with one attached hydrogen (secondary N) is 1. The number of benzene rings is 2. The van der Waals surface area contributed by atoms with Gasteiger partial charge in [0.25, 0.3) is 0 Å². The number of imidazole rings is 1. The maximum Gasteiger partial charge on any atom is 0.416 e. The molecule has 1 atom stereocenters. The van der Waals surface area contributed by atoms with Crippen molar-refractivity contribution in [2.45, 2.75) is 39.2 Å². The van der Waals surface area contributed by atoms with E-state index in [9.17, 15) is 22.8 Å². The van der Waals surface area contributed by atoms with Crippen LogP contribution in [0.2, 0.25) is 0 Å². The molecule has 2 aromatic carbocycles. The Morgan fingerprint density at radius 3 is 2.32 bits per heavy atom. The van der Waals surface area contributed by atoms with Gasteiger partial charge in [0.2, 0.25) is 5.91 Å². The van der Waals surface area contributed by atoms with Gasteiger partial charge in [0.1, 0.15) is 6.54 Å². The SMILES string of the molecule is CCn1c(=O)n(CC(=O)NC(C)c2cccc(C(F)(F)F)c2)c2ccccc21. The molecule has 8 heteroatoms. The quantitative estimate of drug-likeness (QED) is 0.721. The first kappa shape index (κ1) is 19.7. The molecule has 0 saturated carbocycles. The van der Waals surface area contributed by atoms with Crippen molar-refractivity contribution in [1.82, 2.24) is 14.5 Å². The summed E-state index contributed by atoms with van der Waals surface area (Å²) in [7, 11) is 0. The molecule has 0 fully saturated rings. The molecule has 1 heterocycles. The number of amides is 1. The van der Waals surface area contributed by atoms with Crippen molar-refractivity contribution in [1.29, 1.82) is 0 Å². The van der Waals surface area contributed by atoms with Gasteiger partial charge in [-0.1, -0.05) is 24.3 Å². The van der Waals surface area contributed by atoms with Crippen LogP contribution in [-0.2, 0) is 24.1 Å². The minimum Gasteiger partial charge on any atom is -0.348 e. The van der Waals surface area contributed by atoms with E-state index in [1.54, 1.807) is 29.7 Å². The highest BCUT2D eigenvalue weighted by Crippen LogP contribution is 2.30. The lowest BCUT2D eigenvalue weighted by molar-refractivity contribution is -0.137. The first-order valence-electron chi connectivity index (χ1n) is 8.87. The first-order chi connectivity index (χ1) is 13.2. The number of hydrogen-bond acceptors (Lipinski definition) is 2. The third-order valence-electron chi connectivity index (χ3n) is 4.63. The van der Waals surface area contributed by atoms with Crippen LogP contribution in [0.15, 0.2) is 53.3 Å². The Morgan fingerprint density at radius 2 is 1.71 bits per heavy atom. The second-order valence-corrected chi connectivity index (χ2v) is 6.51. The lowest BCUT2D eigenvalue weighted by Crippen LogP contribution is -2.34. The Morgan fingerprint density at radius 1 is 1.07 bits per heavy atom. The zero-order valence-electron chi connectivity index (χ0n) is 15.5. The number of carbonyl (C=O) groups excluding carboxylic acids is 1. The Kier molecular flexibility index (Phi) is 5.31. The number of fused-ring (bicyclic) bond motifs is 1. The van der Waals surface area contributed by atoms with Gasteiger partial charge in [-0.25, -0.2) is 4.79 Å². The summed E-state index contributed by atoms with van der Waals surface area (Å²) in [4.78, 5) is 25.1. The maximum atomic E-state index is 12.9. The summed E-state index contributed by atoms with van der Waals surface area (Å²) in [6.45, 7) is 3.70. The molecule has 0 saturated heterocycles. The van der Waals surface area contributed by atoms with Crippen LogP contribution < -0.4 is 11.0 Å². The smallest absolute Gasteiger partial charge is 0.348 e. The van der Waals surface area contributed by atoms with E-state index in [4.69, 9.17) is 0 Å². The highest BCUT2D eigenvalue weighted by molar-refractivity contribution is 5.81. The molecule has 0 spiro atoms. The van der Waals surface area contributed by atoms with E-state index in [2.05, 4.69) is 5.32 Å². The fourth-order valence-corrected chi connectivity index (χ4v) is 3.23. The molecule has 1 amide bonds. The lowest BCUT2D eigenvalue weighted by Gasteiger charge is -2.16. The van der Waals surface area contributed by atoms with Gasteiger partial charge in [-0.3, -0.25) is 13.9 Å². The minimum atomic E-state index is -4.45. The van der Waals surface area contributed by atoms with Gasteiger partial charge in [0.05, 0.1) is 22.6 Å². The average Bonchev–Trinajstić information content (AvgIpc) is 2.92. The number of alkyl halides is 3. The molecule has 28 heavy (non-hydrogen) atoms. The minimum absolute atomic E-state index is 0.213. The number of carbonyl (C=O) groups is 1. The lowest BCUT2D eigenvalue weighted by atomic mass is 10.0. The highest BCUT2D eigenvalue weighted by atomic mass is 19.4. The highest BCUT2D eigenvalue weighted by Gasteiger charge is 2.30. The number of halogens is 3. The third-order valence-corrected chi connectivity index (χ3v) is 4.63. The second-order valence-electron chi connectivity index (χ2n) is 6.51. The second kappa shape index (κ2) is 7.53. The Balaban J connectivity index is 1.81. The normalized spacial score (nSPS) is 12.9. The topological polar surface area (TPSA) is 56.0 Å². The average molecular weight is 391 g/mol. The molecule has 3 rings (SSSR count). The molecule has 0 bridgehead atoms. The van der Waals surface area contributed by atoms with E-state index in [0.29, 0.717) is 17.6 Å². The summed E-state index contributed by atoms with van der Waals surface area (Å²) in [6.07, 6.45) is -4.45. The molecule has 1 aromatic heterocycles. The molecule has 0 aliphatic heterocycles. The molecule has 0 aliphatic rings. The number of nitrogens with zero attached hydrogens (tertiary/aromatic N) is 2. The Labute approximate surface area is 159 Å². The van der Waals surface area contributed by atoms with Crippen LogP contribution in [0.5, 0.6) is 0 Å². The Hall–Kier alpha value is -3.03. The molecule has 0 aliphatic carbocycles. The van der Waals surface area contributed by atoms with Crippen LogP contribution in [-0.4, -0.2) is 15.0 Å². The van der Waals surface area contributed by atoms with Gasteiger partial charge in [-0.2, -0.15) is 13.2 Å². The third kappa shape index (κ3) is 3.81. The fraction of sp³-hybridized carbons (Fsp3) is 0.300. The van der Waals surface area contributed by atoms with E-state index in [-0.39, 0.29) is 12.2 Å². The monoisotopic (exact) mass is 391 g/mol. The van der Waals surface area contributed by atoms with Crippen molar-refractivity contribution < 1.29 is 18.0 Å². The van der Waals surface area contributed by atoms with Crippen LogP contribution in [0, 0.1) is 0 Å². The van der Waals surface area contributed by atoms with Crippen molar-refractivity contribution in [3.8, 4) is 0 Å². The molecule has 3 aromatic rings. The van der Waals surface area contributed by atoms with Crippen LogP contribution >= 0.6 is 0 Å². The number of hydrogen-bond donors (Lipinski definition) is 1. The zero-order valence-corrected chi connectivity index (χ0v) is 15.5.